The van der Waals surface area contributed by atoms with Crippen molar-refractivity contribution < 1.29 is 4.87 Å². The quantitative estimate of drug-likeness (QED) is 0.615. The molecule has 1 heterocycles. The number of nitriles is 1. The van der Waals surface area contributed by atoms with Gasteiger partial charge in [0, 0.05) is 21.0 Å². The number of hydrogen-bond donors (Lipinski definition) is 0. The van der Waals surface area contributed by atoms with E-state index in [1.54, 1.807) is 0 Å². The highest BCUT2D eigenvalue weighted by Gasteiger charge is 2.46. The van der Waals surface area contributed by atoms with Gasteiger partial charge in [0.1, 0.15) is 5.71 Å². The van der Waals surface area contributed by atoms with Crippen molar-refractivity contribution in [2.45, 2.75) is 13.3 Å². The van der Waals surface area contributed by atoms with Crippen LogP contribution in [0.25, 0.3) is 0 Å². The molecule has 17 heavy (non-hydrogen) atoms. The van der Waals surface area contributed by atoms with Crippen molar-refractivity contribution in [3.63, 3.8) is 0 Å². The lowest BCUT2D eigenvalue weighted by Gasteiger charge is -2.27. The second-order valence-electron chi connectivity index (χ2n) is 4.49. The summed E-state index contributed by atoms with van der Waals surface area (Å²) in [7, 11) is 0. The Morgan fingerprint density at radius 1 is 1.59 bits per heavy atom. The van der Waals surface area contributed by atoms with E-state index in [0.717, 1.165) is 27.5 Å². The van der Waals surface area contributed by atoms with Crippen molar-refractivity contribution in [3.05, 3.63) is 39.2 Å². The minimum absolute atomic E-state index is 0.230. The second-order valence-corrected chi connectivity index (χ2v) is 5.48. The van der Waals surface area contributed by atoms with Crippen LogP contribution in [-0.4, -0.2) is 16.5 Å². The molecule has 0 radical (unpaired) electrons. The molecule has 0 bridgehead atoms. The van der Waals surface area contributed by atoms with Crippen LogP contribution in [0, 0.1) is 21.7 Å². The summed E-state index contributed by atoms with van der Waals surface area (Å²) < 4.78 is 0. The van der Waals surface area contributed by atoms with E-state index in [-0.39, 0.29) is 5.41 Å². The number of rotatable bonds is 0. The van der Waals surface area contributed by atoms with E-state index in [2.05, 4.69) is 24.2 Å². The standard InChI is InChI=1S/C12H10N3OS/c1-12-3-2-8(6-13)4-9(12)5-10-11(12)14-15(16)7-17-10/h2,4-5H,3,7H2,1H3/q+1. The number of hydrogen-bond acceptors (Lipinski definition) is 3. The molecule has 84 valence electrons. The summed E-state index contributed by atoms with van der Waals surface area (Å²) in [6.07, 6.45) is 6.60. The third-order valence-electron chi connectivity index (χ3n) is 3.39. The van der Waals surface area contributed by atoms with Crippen LogP contribution in [0.4, 0.5) is 0 Å². The minimum Gasteiger partial charge on any atom is -0.192 e. The van der Waals surface area contributed by atoms with Gasteiger partial charge in [-0.1, -0.05) is 6.08 Å². The summed E-state index contributed by atoms with van der Waals surface area (Å²) in [6.45, 7) is 2.07. The maximum absolute atomic E-state index is 11.3. The molecule has 5 heteroatoms. The number of nitrogens with zero attached hydrogens (tertiary/aromatic N) is 3. The van der Waals surface area contributed by atoms with Crippen molar-refractivity contribution in [2.24, 2.45) is 10.5 Å². The Hall–Kier alpha value is -1.67. The van der Waals surface area contributed by atoms with Gasteiger partial charge < -0.3 is 0 Å². The Labute approximate surface area is 103 Å². The van der Waals surface area contributed by atoms with E-state index in [0.29, 0.717) is 11.4 Å². The molecular formula is C12H10N3OS+. The first kappa shape index (κ1) is 10.5. The number of hydrazone groups is 1. The largest absolute Gasteiger partial charge is 0.278 e. The highest BCUT2D eigenvalue weighted by molar-refractivity contribution is 8.03. The molecule has 2 aliphatic carbocycles. The molecular weight excluding hydrogens is 234 g/mol. The third kappa shape index (κ3) is 1.41. The predicted molar refractivity (Wildman–Crippen MR) is 66.1 cm³/mol. The first-order valence-corrected chi connectivity index (χ1v) is 6.33. The van der Waals surface area contributed by atoms with E-state index < -0.39 is 0 Å². The molecule has 0 aromatic rings. The lowest BCUT2D eigenvalue weighted by Crippen LogP contribution is -2.29. The lowest BCUT2D eigenvalue weighted by atomic mass is 9.75. The zero-order chi connectivity index (χ0) is 12.0. The Bertz CT molecular complexity index is 591. The molecule has 0 aromatic heterocycles. The van der Waals surface area contributed by atoms with Gasteiger partial charge in [0.05, 0.1) is 11.0 Å². The lowest BCUT2D eigenvalue weighted by molar-refractivity contribution is -0.535. The number of thioether (sulfide) groups is 1. The molecule has 0 amide bonds. The van der Waals surface area contributed by atoms with Crippen LogP contribution < -0.4 is 0 Å². The molecule has 0 saturated carbocycles. The molecule has 0 aromatic carbocycles. The van der Waals surface area contributed by atoms with E-state index in [9.17, 15) is 4.91 Å². The summed E-state index contributed by atoms with van der Waals surface area (Å²) in [6, 6.07) is 2.16. The SMILES string of the molecule is CC12CC=C(C#N)C=C1C=C1SC[N+](=O)N=C12. The van der Waals surface area contributed by atoms with Crippen LogP contribution in [-0.2, 0) is 0 Å². The molecule has 3 rings (SSSR count). The fourth-order valence-electron chi connectivity index (χ4n) is 2.35. The summed E-state index contributed by atoms with van der Waals surface area (Å²) in [4.78, 5) is 13.1. The summed E-state index contributed by atoms with van der Waals surface area (Å²) in [5, 5.41) is 13.0. The van der Waals surface area contributed by atoms with Crippen molar-refractivity contribution in [1.82, 2.24) is 0 Å². The van der Waals surface area contributed by atoms with Crippen LogP contribution in [0.1, 0.15) is 13.3 Å². The molecule has 0 N–H and O–H groups in total. The highest BCUT2D eigenvalue weighted by atomic mass is 32.2. The molecule has 3 aliphatic rings. The molecule has 0 fully saturated rings. The van der Waals surface area contributed by atoms with Gasteiger partial charge >= 0.3 is 0 Å². The van der Waals surface area contributed by atoms with Crippen molar-refractivity contribution in [1.29, 1.82) is 5.26 Å². The number of allylic oxidation sites excluding steroid dienone is 6. The maximum atomic E-state index is 11.3. The zero-order valence-electron chi connectivity index (χ0n) is 9.30. The van der Waals surface area contributed by atoms with E-state index in [1.165, 1.54) is 11.8 Å². The van der Waals surface area contributed by atoms with E-state index in [1.807, 2.05) is 12.2 Å². The van der Waals surface area contributed by atoms with E-state index >= 15 is 0 Å². The highest BCUT2D eigenvalue weighted by Crippen LogP contribution is 2.49. The third-order valence-corrected chi connectivity index (χ3v) is 4.36. The smallest absolute Gasteiger partial charge is 0.192 e. The van der Waals surface area contributed by atoms with Gasteiger partial charge in [-0.05, 0) is 42.8 Å². The minimum atomic E-state index is -0.230. The zero-order valence-corrected chi connectivity index (χ0v) is 10.1. The Morgan fingerprint density at radius 2 is 2.41 bits per heavy atom. The topological polar surface area (TPSA) is 56.2 Å². The summed E-state index contributed by atoms with van der Waals surface area (Å²) in [5.74, 6) is 0.344. The predicted octanol–water partition coefficient (Wildman–Crippen LogP) is 2.51. The molecule has 1 aliphatic heterocycles. The Balaban J connectivity index is 2.13. The van der Waals surface area contributed by atoms with Gasteiger partial charge in [-0.25, -0.2) is 0 Å². The first-order chi connectivity index (χ1) is 8.13. The fraction of sp³-hybridized carbons (Fsp3) is 0.333. The van der Waals surface area contributed by atoms with Crippen LogP contribution in [0.2, 0.25) is 0 Å². The molecule has 1 unspecified atom stereocenters. The molecule has 0 saturated heterocycles. The average molecular weight is 244 g/mol. The van der Waals surface area contributed by atoms with Gasteiger partial charge in [-0.15, -0.1) is 0 Å². The maximum Gasteiger partial charge on any atom is 0.278 e. The Morgan fingerprint density at radius 3 is 3.18 bits per heavy atom. The van der Waals surface area contributed by atoms with Gasteiger partial charge in [-0.2, -0.15) is 5.26 Å². The average Bonchev–Trinajstić information content (AvgIpc) is 2.61. The Kier molecular flexibility index (Phi) is 2.10. The van der Waals surface area contributed by atoms with Crippen molar-refractivity contribution >= 4 is 17.5 Å². The van der Waals surface area contributed by atoms with Crippen LogP contribution in [0.5, 0.6) is 0 Å². The van der Waals surface area contributed by atoms with Crippen molar-refractivity contribution in [2.75, 3.05) is 5.88 Å². The molecule has 0 spiro atoms. The van der Waals surface area contributed by atoms with Gasteiger partial charge in [0.25, 0.3) is 5.88 Å². The second kappa shape index (κ2) is 3.41. The number of nitroso groups, excluding NO2 is 1. The van der Waals surface area contributed by atoms with Crippen molar-refractivity contribution in [3.8, 4) is 6.07 Å². The number of fused-ring (bicyclic) bond motifs is 3. The van der Waals surface area contributed by atoms with Crippen LogP contribution in [0.3, 0.4) is 0 Å². The van der Waals surface area contributed by atoms with Crippen LogP contribution >= 0.6 is 11.8 Å². The summed E-state index contributed by atoms with van der Waals surface area (Å²) >= 11 is 1.51. The summed E-state index contributed by atoms with van der Waals surface area (Å²) in [5.41, 5.74) is 2.40. The molecule has 4 nitrogen and oxygen atoms in total. The van der Waals surface area contributed by atoms with Gasteiger partial charge in [0.15, 0.2) is 4.87 Å². The van der Waals surface area contributed by atoms with Gasteiger partial charge in [-0.3, -0.25) is 0 Å². The first-order valence-electron chi connectivity index (χ1n) is 5.34. The monoisotopic (exact) mass is 244 g/mol. The van der Waals surface area contributed by atoms with E-state index in [4.69, 9.17) is 5.26 Å². The molecule has 1 atom stereocenters. The normalized spacial score (nSPS) is 30.5. The van der Waals surface area contributed by atoms with Crippen LogP contribution in [0.15, 0.2) is 39.4 Å². The fourth-order valence-corrected chi connectivity index (χ4v) is 3.27. The van der Waals surface area contributed by atoms with Gasteiger partial charge in [0.2, 0.25) is 0 Å².